The van der Waals surface area contributed by atoms with Gasteiger partial charge in [-0.15, -0.1) is 0 Å². The lowest BCUT2D eigenvalue weighted by Crippen LogP contribution is -2.38. The number of esters is 1. The van der Waals surface area contributed by atoms with Crippen LogP contribution in [0.1, 0.15) is 49.9 Å². The first-order valence-corrected chi connectivity index (χ1v) is 8.06. The number of rotatable bonds is 9. The van der Waals surface area contributed by atoms with E-state index in [2.05, 4.69) is 10.6 Å². The first-order chi connectivity index (χ1) is 11.1. The lowest BCUT2D eigenvalue weighted by Gasteiger charge is -2.16. The van der Waals surface area contributed by atoms with E-state index in [0.29, 0.717) is 24.3 Å². The highest BCUT2D eigenvalue weighted by Gasteiger charge is 2.11. The van der Waals surface area contributed by atoms with Gasteiger partial charge in [0.15, 0.2) is 0 Å². The Morgan fingerprint density at radius 3 is 2.48 bits per heavy atom. The summed E-state index contributed by atoms with van der Waals surface area (Å²) < 4.78 is 5.12. The van der Waals surface area contributed by atoms with E-state index in [-0.39, 0.29) is 24.6 Å². The second-order valence-corrected chi connectivity index (χ2v) is 5.28. The SMILES string of the molecule is CCCCOC(=O)c1ccc(NC(=O)NC(CC)CCO)cc1. The zero-order chi connectivity index (χ0) is 17.1. The van der Waals surface area contributed by atoms with E-state index in [9.17, 15) is 9.59 Å². The van der Waals surface area contributed by atoms with Crippen molar-refractivity contribution in [2.24, 2.45) is 0 Å². The van der Waals surface area contributed by atoms with Gasteiger partial charge in [0, 0.05) is 18.3 Å². The van der Waals surface area contributed by atoms with E-state index >= 15 is 0 Å². The van der Waals surface area contributed by atoms with Gasteiger partial charge in [-0.05, 0) is 43.5 Å². The molecule has 0 saturated carbocycles. The molecule has 0 bridgehead atoms. The van der Waals surface area contributed by atoms with Crippen LogP contribution in [0.25, 0.3) is 0 Å². The average Bonchev–Trinajstić information content (AvgIpc) is 2.55. The Balaban J connectivity index is 2.49. The molecule has 1 rings (SSSR count). The third-order valence-electron chi connectivity index (χ3n) is 3.42. The molecule has 1 atom stereocenters. The molecule has 0 saturated heterocycles. The minimum absolute atomic E-state index is 0.0353. The normalized spacial score (nSPS) is 11.6. The van der Waals surface area contributed by atoms with Crippen molar-refractivity contribution in [1.29, 1.82) is 0 Å². The molecule has 0 radical (unpaired) electrons. The summed E-state index contributed by atoms with van der Waals surface area (Å²) in [5, 5.41) is 14.4. The van der Waals surface area contributed by atoms with Crippen LogP contribution in [0, 0.1) is 0 Å². The molecule has 3 N–H and O–H groups in total. The van der Waals surface area contributed by atoms with Gasteiger partial charge in [-0.2, -0.15) is 0 Å². The maximum atomic E-state index is 11.9. The van der Waals surface area contributed by atoms with Gasteiger partial charge in [0.2, 0.25) is 0 Å². The van der Waals surface area contributed by atoms with Crippen molar-refractivity contribution in [1.82, 2.24) is 5.32 Å². The Bertz CT molecular complexity index is 488. The highest BCUT2D eigenvalue weighted by Crippen LogP contribution is 2.11. The maximum Gasteiger partial charge on any atom is 0.338 e. The highest BCUT2D eigenvalue weighted by molar-refractivity contribution is 5.92. The number of urea groups is 1. The zero-order valence-corrected chi connectivity index (χ0v) is 13.8. The van der Waals surface area contributed by atoms with Crippen molar-refractivity contribution in [2.45, 2.75) is 45.6 Å². The minimum Gasteiger partial charge on any atom is -0.462 e. The molecule has 0 aliphatic rings. The summed E-state index contributed by atoms with van der Waals surface area (Å²) in [5.41, 5.74) is 1.05. The molecule has 0 aliphatic heterocycles. The number of aliphatic hydroxyl groups excluding tert-OH is 1. The Morgan fingerprint density at radius 1 is 1.22 bits per heavy atom. The number of carbonyl (C=O) groups is 2. The van der Waals surface area contributed by atoms with Gasteiger partial charge < -0.3 is 20.5 Å². The molecule has 2 amide bonds. The molecule has 6 nitrogen and oxygen atoms in total. The second-order valence-electron chi connectivity index (χ2n) is 5.28. The third-order valence-corrected chi connectivity index (χ3v) is 3.42. The Labute approximate surface area is 137 Å². The molecule has 0 heterocycles. The van der Waals surface area contributed by atoms with Crippen LogP contribution in [0.4, 0.5) is 10.5 Å². The first-order valence-electron chi connectivity index (χ1n) is 8.06. The average molecular weight is 322 g/mol. The zero-order valence-electron chi connectivity index (χ0n) is 13.8. The molecular weight excluding hydrogens is 296 g/mol. The van der Waals surface area contributed by atoms with Crippen LogP contribution >= 0.6 is 0 Å². The van der Waals surface area contributed by atoms with Crippen LogP contribution in [-0.4, -0.2) is 36.4 Å². The smallest absolute Gasteiger partial charge is 0.338 e. The number of carbonyl (C=O) groups excluding carboxylic acids is 2. The molecule has 1 unspecified atom stereocenters. The standard InChI is InChI=1S/C17H26N2O4/c1-3-5-12-23-16(21)13-6-8-15(9-7-13)19-17(22)18-14(4-2)10-11-20/h6-9,14,20H,3-5,10-12H2,1-2H3,(H2,18,19,22). The highest BCUT2D eigenvalue weighted by atomic mass is 16.5. The van der Waals surface area contributed by atoms with Crippen LogP contribution in [0.5, 0.6) is 0 Å². The van der Waals surface area contributed by atoms with E-state index in [1.807, 2.05) is 13.8 Å². The predicted molar refractivity (Wildman–Crippen MR) is 89.6 cm³/mol. The van der Waals surface area contributed by atoms with Crippen LogP contribution in [0.2, 0.25) is 0 Å². The molecule has 0 aromatic heterocycles. The summed E-state index contributed by atoms with van der Waals surface area (Å²) in [7, 11) is 0. The molecule has 1 aromatic rings. The van der Waals surface area contributed by atoms with Crippen molar-refractivity contribution in [3.63, 3.8) is 0 Å². The van der Waals surface area contributed by atoms with E-state index in [1.165, 1.54) is 0 Å². The van der Waals surface area contributed by atoms with E-state index in [4.69, 9.17) is 9.84 Å². The lowest BCUT2D eigenvalue weighted by molar-refractivity contribution is 0.0500. The van der Waals surface area contributed by atoms with Crippen molar-refractivity contribution in [2.75, 3.05) is 18.5 Å². The topological polar surface area (TPSA) is 87.7 Å². The molecule has 128 valence electrons. The number of hydrogen-bond donors (Lipinski definition) is 3. The number of hydrogen-bond acceptors (Lipinski definition) is 4. The van der Waals surface area contributed by atoms with Gasteiger partial charge >= 0.3 is 12.0 Å². The summed E-state index contributed by atoms with van der Waals surface area (Å²) in [6, 6.07) is 6.16. The van der Waals surface area contributed by atoms with Crippen LogP contribution < -0.4 is 10.6 Å². The number of unbranched alkanes of at least 4 members (excludes halogenated alkanes) is 1. The molecule has 0 aliphatic carbocycles. The first kappa shape index (κ1) is 19.0. The maximum absolute atomic E-state index is 11.9. The van der Waals surface area contributed by atoms with Crippen molar-refractivity contribution < 1.29 is 19.4 Å². The largest absolute Gasteiger partial charge is 0.462 e. The summed E-state index contributed by atoms with van der Waals surface area (Å²) in [4.78, 5) is 23.6. The van der Waals surface area contributed by atoms with Crippen LogP contribution in [0.15, 0.2) is 24.3 Å². The molecule has 1 aromatic carbocycles. The second kappa shape index (κ2) is 10.6. The molecule has 6 heteroatoms. The van der Waals surface area contributed by atoms with Gasteiger partial charge in [-0.3, -0.25) is 0 Å². The van der Waals surface area contributed by atoms with Gasteiger partial charge in [0.25, 0.3) is 0 Å². The number of amides is 2. The van der Waals surface area contributed by atoms with E-state index < -0.39 is 0 Å². The van der Waals surface area contributed by atoms with Crippen molar-refractivity contribution >= 4 is 17.7 Å². The van der Waals surface area contributed by atoms with E-state index in [1.54, 1.807) is 24.3 Å². The summed E-state index contributed by atoms with van der Waals surface area (Å²) in [5.74, 6) is -0.358. The fourth-order valence-corrected chi connectivity index (χ4v) is 1.97. The minimum atomic E-state index is -0.358. The van der Waals surface area contributed by atoms with Crippen LogP contribution in [-0.2, 0) is 4.74 Å². The molecule has 0 spiro atoms. The number of benzene rings is 1. The van der Waals surface area contributed by atoms with Gasteiger partial charge in [-0.1, -0.05) is 20.3 Å². The van der Waals surface area contributed by atoms with Crippen molar-refractivity contribution in [3.05, 3.63) is 29.8 Å². The number of anilines is 1. The van der Waals surface area contributed by atoms with Crippen molar-refractivity contribution in [3.8, 4) is 0 Å². The predicted octanol–water partition coefficient (Wildman–Crippen LogP) is 2.93. The lowest BCUT2D eigenvalue weighted by atomic mass is 10.1. The number of nitrogens with one attached hydrogen (secondary N) is 2. The van der Waals surface area contributed by atoms with E-state index in [0.717, 1.165) is 19.3 Å². The quantitative estimate of drug-likeness (QED) is 0.482. The summed E-state index contributed by atoms with van der Waals surface area (Å²) in [6.07, 6.45) is 3.08. The fourth-order valence-electron chi connectivity index (χ4n) is 1.97. The summed E-state index contributed by atoms with van der Waals surface area (Å²) in [6.45, 7) is 4.43. The molecule has 0 fully saturated rings. The monoisotopic (exact) mass is 322 g/mol. The van der Waals surface area contributed by atoms with Crippen LogP contribution in [0.3, 0.4) is 0 Å². The molecular formula is C17H26N2O4. The molecule has 23 heavy (non-hydrogen) atoms. The van der Waals surface area contributed by atoms with Gasteiger partial charge in [-0.25, -0.2) is 9.59 Å². The fraction of sp³-hybridized carbons (Fsp3) is 0.529. The Kier molecular flexibility index (Phi) is 8.75. The van der Waals surface area contributed by atoms with Gasteiger partial charge in [0.1, 0.15) is 0 Å². The number of ether oxygens (including phenoxy) is 1. The van der Waals surface area contributed by atoms with Gasteiger partial charge in [0.05, 0.1) is 12.2 Å². The third kappa shape index (κ3) is 7.15. The Hall–Kier alpha value is -2.08. The number of aliphatic hydroxyl groups is 1. The summed E-state index contributed by atoms with van der Waals surface area (Å²) >= 11 is 0. The Morgan fingerprint density at radius 2 is 1.91 bits per heavy atom.